The van der Waals surface area contributed by atoms with E-state index in [0.717, 1.165) is 0 Å². The number of hydrogen-bond donors (Lipinski definition) is 6. The molecule has 7 N–H and O–H groups in total. The first-order valence-corrected chi connectivity index (χ1v) is 8.01. The maximum Gasteiger partial charge on any atom is 0.325 e. The fourth-order valence-corrected chi connectivity index (χ4v) is 1.90. The highest BCUT2D eigenvalue weighted by Crippen LogP contribution is 2.05. The van der Waals surface area contributed by atoms with Crippen LogP contribution in [0.1, 0.15) is 33.6 Å². The second-order valence-corrected chi connectivity index (χ2v) is 6.24. The fourth-order valence-electron chi connectivity index (χ4n) is 1.90. The lowest BCUT2D eigenvalue weighted by molar-refractivity contribution is -0.141. The van der Waals surface area contributed by atoms with Crippen molar-refractivity contribution in [2.24, 2.45) is 11.7 Å². The molecule has 0 radical (unpaired) electrons. The van der Waals surface area contributed by atoms with Crippen molar-refractivity contribution in [1.82, 2.24) is 16.0 Å². The minimum absolute atomic E-state index is 0.0322. The molecule has 0 aromatic heterocycles. The summed E-state index contributed by atoms with van der Waals surface area (Å²) in [4.78, 5) is 56.9. The molecule has 3 amide bonds. The Hall–Kier alpha value is -2.69. The number of carboxylic acids is 2. The Kier molecular flexibility index (Phi) is 9.89. The van der Waals surface area contributed by atoms with E-state index in [1.807, 2.05) is 13.8 Å². The zero-order chi connectivity index (χ0) is 20.4. The number of rotatable bonds is 11. The van der Waals surface area contributed by atoms with Crippen LogP contribution < -0.4 is 21.7 Å². The van der Waals surface area contributed by atoms with Crippen LogP contribution in [0.4, 0.5) is 0 Å². The van der Waals surface area contributed by atoms with Crippen molar-refractivity contribution in [1.29, 1.82) is 0 Å². The van der Waals surface area contributed by atoms with E-state index in [1.165, 1.54) is 6.92 Å². The molecule has 0 fully saturated rings. The van der Waals surface area contributed by atoms with Crippen molar-refractivity contribution in [3.63, 3.8) is 0 Å². The number of amides is 3. The van der Waals surface area contributed by atoms with Crippen LogP contribution in [0.5, 0.6) is 0 Å². The Bertz CT molecular complexity index is 550. The van der Waals surface area contributed by atoms with E-state index in [2.05, 4.69) is 16.0 Å². The Morgan fingerprint density at radius 2 is 1.54 bits per heavy atom. The molecule has 0 spiro atoms. The van der Waals surface area contributed by atoms with Gasteiger partial charge in [0.25, 0.3) is 0 Å². The van der Waals surface area contributed by atoms with Gasteiger partial charge < -0.3 is 31.9 Å². The molecule has 0 bridgehead atoms. The van der Waals surface area contributed by atoms with Crippen LogP contribution in [0.15, 0.2) is 0 Å². The second-order valence-electron chi connectivity index (χ2n) is 6.24. The standard InChI is InChI=1S/C15H26N4O7/c1-7(2)4-10(14(24)18-8(3)15(25)26)19-11(20)6-17-13(23)9(16)5-12(21)22/h7-10H,4-6,16H2,1-3H3,(H,17,23)(H,18,24)(H,19,20)(H,21,22)(H,25,26)/t8-,9-,10-/m0/s1. The van der Waals surface area contributed by atoms with Crippen molar-refractivity contribution in [2.75, 3.05) is 6.54 Å². The van der Waals surface area contributed by atoms with Crippen LogP contribution >= 0.6 is 0 Å². The topological polar surface area (TPSA) is 188 Å². The molecule has 11 heteroatoms. The van der Waals surface area contributed by atoms with Crippen LogP contribution in [0.2, 0.25) is 0 Å². The van der Waals surface area contributed by atoms with Crippen molar-refractivity contribution in [2.45, 2.75) is 51.7 Å². The Morgan fingerprint density at radius 1 is 0.962 bits per heavy atom. The molecule has 3 atom stereocenters. The lowest BCUT2D eigenvalue weighted by Crippen LogP contribution is -2.53. The Morgan fingerprint density at radius 3 is 2.00 bits per heavy atom. The Balaban J connectivity index is 4.68. The van der Waals surface area contributed by atoms with Gasteiger partial charge in [0.15, 0.2) is 0 Å². The van der Waals surface area contributed by atoms with Gasteiger partial charge in [-0.05, 0) is 19.3 Å². The molecule has 0 unspecified atom stereocenters. The molecule has 0 aliphatic heterocycles. The Labute approximate surface area is 150 Å². The lowest BCUT2D eigenvalue weighted by Gasteiger charge is -2.21. The summed E-state index contributed by atoms with van der Waals surface area (Å²) in [7, 11) is 0. The molecular weight excluding hydrogens is 348 g/mol. The monoisotopic (exact) mass is 374 g/mol. The van der Waals surface area contributed by atoms with Gasteiger partial charge in [-0.3, -0.25) is 24.0 Å². The largest absolute Gasteiger partial charge is 0.481 e. The van der Waals surface area contributed by atoms with Gasteiger partial charge in [0.2, 0.25) is 17.7 Å². The first kappa shape index (κ1) is 23.3. The van der Waals surface area contributed by atoms with E-state index in [0.29, 0.717) is 0 Å². The van der Waals surface area contributed by atoms with Crippen LogP contribution in [0, 0.1) is 5.92 Å². The van der Waals surface area contributed by atoms with Gasteiger partial charge in [0, 0.05) is 0 Å². The van der Waals surface area contributed by atoms with E-state index in [1.54, 1.807) is 0 Å². The number of carbonyl (C=O) groups excluding carboxylic acids is 3. The highest BCUT2D eigenvalue weighted by molar-refractivity contribution is 5.93. The number of aliphatic carboxylic acids is 2. The molecule has 0 saturated heterocycles. The normalized spacial score (nSPS) is 14.0. The maximum absolute atomic E-state index is 12.1. The zero-order valence-electron chi connectivity index (χ0n) is 14.9. The maximum atomic E-state index is 12.1. The molecule has 11 nitrogen and oxygen atoms in total. The molecule has 26 heavy (non-hydrogen) atoms. The van der Waals surface area contributed by atoms with Crippen molar-refractivity contribution in [3.05, 3.63) is 0 Å². The molecule has 0 aromatic carbocycles. The third-order valence-corrected chi connectivity index (χ3v) is 3.24. The average Bonchev–Trinajstić information content (AvgIpc) is 2.50. The van der Waals surface area contributed by atoms with Crippen molar-refractivity contribution < 1.29 is 34.2 Å². The van der Waals surface area contributed by atoms with Crippen molar-refractivity contribution in [3.8, 4) is 0 Å². The quantitative estimate of drug-likeness (QED) is 0.240. The number of hydrogen-bond acceptors (Lipinski definition) is 6. The smallest absolute Gasteiger partial charge is 0.325 e. The summed E-state index contributed by atoms with van der Waals surface area (Å²) >= 11 is 0. The highest BCUT2D eigenvalue weighted by atomic mass is 16.4. The minimum Gasteiger partial charge on any atom is -0.481 e. The van der Waals surface area contributed by atoms with Gasteiger partial charge in [-0.25, -0.2) is 0 Å². The van der Waals surface area contributed by atoms with E-state index < -0.39 is 60.8 Å². The molecule has 0 aliphatic carbocycles. The molecule has 0 rings (SSSR count). The molecule has 0 heterocycles. The summed E-state index contributed by atoms with van der Waals surface area (Å²) in [5.41, 5.74) is 5.36. The van der Waals surface area contributed by atoms with Crippen LogP contribution in [-0.2, 0) is 24.0 Å². The second kappa shape index (κ2) is 11.0. The molecule has 0 aliphatic rings. The number of carbonyl (C=O) groups is 5. The van der Waals surface area contributed by atoms with Gasteiger partial charge in [0.05, 0.1) is 19.0 Å². The van der Waals surface area contributed by atoms with Gasteiger partial charge in [0.1, 0.15) is 12.1 Å². The first-order chi connectivity index (χ1) is 11.9. The van der Waals surface area contributed by atoms with Crippen LogP contribution in [0.25, 0.3) is 0 Å². The summed E-state index contributed by atoms with van der Waals surface area (Å²) in [6, 6.07) is -3.40. The molecular formula is C15H26N4O7. The van der Waals surface area contributed by atoms with Crippen LogP contribution in [0.3, 0.4) is 0 Å². The summed E-state index contributed by atoms with van der Waals surface area (Å²) in [5.74, 6) is -4.59. The van der Waals surface area contributed by atoms with E-state index in [-0.39, 0.29) is 12.3 Å². The third kappa shape index (κ3) is 9.57. The summed E-state index contributed by atoms with van der Waals surface area (Å²) < 4.78 is 0. The third-order valence-electron chi connectivity index (χ3n) is 3.24. The van der Waals surface area contributed by atoms with E-state index >= 15 is 0 Å². The highest BCUT2D eigenvalue weighted by Gasteiger charge is 2.25. The number of carboxylic acid groups (broad SMARTS) is 2. The molecule has 0 aromatic rings. The van der Waals surface area contributed by atoms with E-state index in [4.69, 9.17) is 15.9 Å². The summed E-state index contributed by atoms with van der Waals surface area (Å²) in [5, 5.41) is 24.3. The summed E-state index contributed by atoms with van der Waals surface area (Å²) in [6.45, 7) is 4.43. The van der Waals surface area contributed by atoms with Gasteiger partial charge in [-0.2, -0.15) is 0 Å². The first-order valence-electron chi connectivity index (χ1n) is 8.01. The van der Waals surface area contributed by atoms with Gasteiger partial charge in [-0.15, -0.1) is 0 Å². The van der Waals surface area contributed by atoms with Crippen LogP contribution in [-0.4, -0.2) is 64.5 Å². The SMILES string of the molecule is CC(C)C[C@H](NC(=O)CNC(=O)[C@@H](N)CC(=O)O)C(=O)N[C@@H](C)C(=O)O. The predicted molar refractivity (Wildman–Crippen MR) is 89.9 cm³/mol. The number of nitrogens with two attached hydrogens (primary N) is 1. The average molecular weight is 374 g/mol. The minimum atomic E-state index is -1.30. The van der Waals surface area contributed by atoms with Gasteiger partial charge in [-0.1, -0.05) is 13.8 Å². The lowest BCUT2D eigenvalue weighted by atomic mass is 10.0. The van der Waals surface area contributed by atoms with E-state index in [9.17, 15) is 24.0 Å². The molecule has 0 saturated carbocycles. The predicted octanol–water partition coefficient (Wildman–Crippen LogP) is -1.98. The van der Waals surface area contributed by atoms with Crippen molar-refractivity contribution >= 4 is 29.7 Å². The number of nitrogens with one attached hydrogen (secondary N) is 3. The van der Waals surface area contributed by atoms with Gasteiger partial charge >= 0.3 is 11.9 Å². The summed E-state index contributed by atoms with van der Waals surface area (Å²) in [6.07, 6.45) is -0.324. The fraction of sp³-hybridized carbons (Fsp3) is 0.667. The zero-order valence-corrected chi connectivity index (χ0v) is 14.9. The molecule has 148 valence electrons.